The zero-order chi connectivity index (χ0) is 23.2. The van der Waals surface area contributed by atoms with Gasteiger partial charge in [-0.3, -0.25) is 9.59 Å². The van der Waals surface area contributed by atoms with Crippen LogP contribution in [0.4, 0.5) is 0 Å². The van der Waals surface area contributed by atoms with Crippen LogP contribution in [0, 0.1) is 13.8 Å². The highest BCUT2D eigenvalue weighted by molar-refractivity contribution is 7.99. The molecule has 2 amide bonds. The summed E-state index contributed by atoms with van der Waals surface area (Å²) in [6.07, 6.45) is 3.49. The van der Waals surface area contributed by atoms with Gasteiger partial charge in [-0.1, -0.05) is 30.0 Å². The molecule has 1 aliphatic rings. The van der Waals surface area contributed by atoms with Crippen LogP contribution in [0.25, 0.3) is 10.9 Å². The van der Waals surface area contributed by atoms with Gasteiger partial charge in [-0.25, -0.2) is 15.4 Å². The van der Waals surface area contributed by atoms with Gasteiger partial charge in [-0.2, -0.15) is 5.10 Å². The third-order valence-corrected chi connectivity index (χ3v) is 6.02. The lowest BCUT2D eigenvalue weighted by Gasteiger charge is -2.27. The van der Waals surface area contributed by atoms with E-state index in [1.807, 2.05) is 59.8 Å². The van der Waals surface area contributed by atoms with Crippen LogP contribution in [0.1, 0.15) is 17.0 Å². The Kier molecular flexibility index (Phi) is 7.36. The standard InChI is InChI=1S/C23H26N6O3S/c1-16-11-17(2)26-23(25-16)33-15-21(30)27-24-12-18-13-29(20-6-4-3-5-19(18)20)14-22(31)28-7-9-32-10-8-28/h3-6,11-13H,7-10,14-15H2,1-2H3,(H,27,30)/b24-12-. The van der Waals surface area contributed by atoms with Gasteiger partial charge in [0, 0.05) is 47.1 Å². The second kappa shape index (κ2) is 10.6. The molecule has 0 bridgehead atoms. The summed E-state index contributed by atoms with van der Waals surface area (Å²) in [6, 6.07) is 9.71. The van der Waals surface area contributed by atoms with Crippen molar-refractivity contribution < 1.29 is 14.3 Å². The number of carbonyl (C=O) groups is 2. The normalized spacial score (nSPS) is 14.2. The fourth-order valence-electron chi connectivity index (χ4n) is 3.66. The number of morpholine rings is 1. The monoisotopic (exact) mass is 466 g/mol. The highest BCUT2D eigenvalue weighted by atomic mass is 32.2. The van der Waals surface area contributed by atoms with Gasteiger partial charge in [0.15, 0.2) is 5.16 Å². The molecule has 3 aromatic rings. The highest BCUT2D eigenvalue weighted by Gasteiger charge is 2.18. The smallest absolute Gasteiger partial charge is 0.250 e. The summed E-state index contributed by atoms with van der Waals surface area (Å²) in [5.74, 6) is -0.0255. The van der Waals surface area contributed by atoms with Crippen molar-refractivity contribution >= 4 is 40.7 Å². The van der Waals surface area contributed by atoms with Gasteiger partial charge in [0.05, 0.1) is 25.2 Å². The van der Waals surface area contributed by atoms with Crippen LogP contribution in [0.15, 0.2) is 46.8 Å². The number of carbonyl (C=O) groups excluding carboxylic acids is 2. The number of aromatic nitrogens is 3. The number of benzene rings is 1. The summed E-state index contributed by atoms with van der Waals surface area (Å²) in [7, 11) is 0. The Bertz CT molecular complexity index is 1170. The maximum absolute atomic E-state index is 12.7. The number of hydrogen-bond donors (Lipinski definition) is 1. The van der Waals surface area contributed by atoms with E-state index >= 15 is 0 Å². The fraction of sp³-hybridized carbons (Fsp3) is 0.348. The predicted octanol–water partition coefficient (Wildman–Crippen LogP) is 2.15. The summed E-state index contributed by atoms with van der Waals surface area (Å²) in [6.45, 7) is 6.41. The molecule has 2 aromatic heterocycles. The number of fused-ring (bicyclic) bond motifs is 1. The molecule has 10 heteroatoms. The summed E-state index contributed by atoms with van der Waals surface area (Å²) >= 11 is 1.27. The van der Waals surface area contributed by atoms with Crippen molar-refractivity contribution in [3.63, 3.8) is 0 Å². The number of thioether (sulfide) groups is 1. The molecule has 3 heterocycles. The van der Waals surface area contributed by atoms with Gasteiger partial charge in [0.1, 0.15) is 6.54 Å². The van der Waals surface area contributed by atoms with Gasteiger partial charge < -0.3 is 14.2 Å². The van der Waals surface area contributed by atoms with Crippen molar-refractivity contribution in [3.05, 3.63) is 53.5 Å². The fourth-order valence-corrected chi connectivity index (χ4v) is 4.40. The highest BCUT2D eigenvalue weighted by Crippen LogP contribution is 2.20. The molecule has 1 N–H and O–H groups in total. The Morgan fingerprint density at radius 2 is 1.91 bits per heavy atom. The average Bonchev–Trinajstić information content (AvgIpc) is 3.15. The first-order valence-electron chi connectivity index (χ1n) is 10.7. The number of nitrogens with zero attached hydrogens (tertiary/aromatic N) is 5. The van der Waals surface area contributed by atoms with Gasteiger partial charge in [0.25, 0.3) is 5.91 Å². The Balaban J connectivity index is 1.39. The number of amides is 2. The number of hydrogen-bond acceptors (Lipinski definition) is 7. The SMILES string of the molecule is Cc1cc(C)nc(SCC(=O)N/N=C\c2cn(CC(=O)N3CCOCC3)c3ccccc23)n1. The van der Waals surface area contributed by atoms with E-state index in [1.54, 1.807) is 6.21 Å². The van der Waals surface area contributed by atoms with E-state index < -0.39 is 0 Å². The summed E-state index contributed by atoms with van der Waals surface area (Å²) in [4.78, 5) is 35.4. The van der Waals surface area contributed by atoms with E-state index in [9.17, 15) is 9.59 Å². The molecule has 1 aromatic carbocycles. The first kappa shape index (κ1) is 22.9. The number of hydrazone groups is 1. The van der Waals surface area contributed by atoms with Gasteiger partial charge in [0.2, 0.25) is 5.91 Å². The van der Waals surface area contributed by atoms with E-state index in [1.165, 1.54) is 11.8 Å². The van der Waals surface area contributed by atoms with E-state index in [0.29, 0.717) is 31.5 Å². The van der Waals surface area contributed by atoms with Crippen LogP contribution in [-0.2, 0) is 20.9 Å². The van der Waals surface area contributed by atoms with Crippen molar-refractivity contribution in [2.45, 2.75) is 25.5 Å². The molecule has 33 heavy (non-hydrogen) atoms. The Hall–Kier alpha value is -3.24. The molecule has 1 saturated heterocycles. The van der Waals surface area contributed by atoms with Crippen molar-refractivity contribution in [2.24, 2.45) is 5.10 Å². The van der Waals surface area contributed by atoms with E-state index in [0.717, 1.165) is 27.9 Å². The Morgan fingerprint density at radius 3 is 2.67 bits per heavy atom. The third-order valence-electron chi connectivity index (χ3n) is 5.18. The minimum atomic E-state index is -0.245. The minimum Gasteiger partial charge on any atom is -0.378 e. The average molecular weight is 467 g/mol. The number of aryl methyl sites for hydroxylation is 2. The van der Waals surface area contributed by atoms with Crippen LogP contribution >= 0.6 is 11.8 Å². The first-order valence-corrected chi connectivity index (χ1v) is 11.7. The molecule has 0 aliphatic carbocycles. The summed E-state index contributed by atoms with van der Waals surface area (Å²) < 4.78 is 7.25. The lowest BCUT2D eigenvalue weighted by atomic mass is 10.2. The zero-order valence-electron chi connectivity index (χ0n) is 18.7. The number of rotatable bonds is 7. The summed E-state index contributed by atoms with van der Waals surface area (Å²) in [5.41, 5.74) is 6.05. The zero-order valence-corrected chi connectivity index (χ0v) is 19.5. The van der Waals surface area contributed by atoms with Crippen LogP contribution in [0.5, 0.6) is 0 Å². The second-order valence-corrected chi connectivity index (χ2v) is 8.68. The van der Waals surface area contributed by atoms with Crippen LogP contribution in [-0.4, -0.2) is 69.5 Å². The molecule has 172 valence electrons. The van der Waals surface area contributed by atoms with Crippen molar-refractivity contribution in [1.29, 1.82) is 0 Å². The molecule has 0 spiro atoms. The van der Waals surface area contributed by atoms with Gasteiger partial charge >= 0.3 is 0 Å². The lowest BCUT2D eigenvalue weighted by molar-refractivity contribution is -0.135. The van der Waals surface area contributed by atoms with Crippen LogP contribution in [0.2, 0.25) is 0 Å². The molecular weight excluding hydrogens is 440 g/mol. The molecule has 0 radical (unpaired) electrons. The minimum absolute atomic E-state index is 0.0569. The molecule has 1 aliphatic heterocycles. The molecule has 0 atom stereocenters. The molecule has 0 unspecified atom stereocenters. The van der Waals surface area contributed by atoms with Crippen LogP contribution in [0.3, 0.4) is 0 Å². The van der Waals surface area contributed by atoms with E-state index in [2.05, 4.69) is 20.5 Å². The third kappa shape index (κ3) is 5.96. The molecule has 0 saturated carbocycles. The van der Waals surface area contributed by atoms with E-state index in [4.69, 9.17) is 4.74 Å². The predicted molar refractivity (Wildman–Crippen MR) is 127 cm³/mol. The van der Waals surface area contributed by atoms with Gasteiger partial charge in [-0.15, -0.1) is 0 Å². The first-order chi connectivity index (χ1) is 16.0. The topological polar surface area (TPSA) is 102 Å². The number of para-hydroxylation sites is 1. The Morgan fingerprint density at radius 1 is 1.18 bits per heavy atom. The van der Waals surface area contributed by atoms with Crippen molar-refractivity contribution in [3.8, 4) is 0 Å². The quantitative estimate of drug-likeness (QED) is 0.248. The van der Waals surface area contributed by atoms with Crippen molar-refractivity contribution in [1.82, 2.24) is 24.9 Å². The second-order valence-electron chi connectivity index (χ2n) is 7.74. The van der Waals surface area contributed by atoms with Gasteiger partial charge in [-0.05, 0) is 26.0 Å². The molecule has 1 fully saturated rings. The molecule has 9 nitrogen and oxygen atoms in total. The maximum Gasteiger partial charge on any atom is 0.250 e. The molecular formula is C23H26N6O3S. The van der Waals surface area contributed by atoms with E-state index in [-0.39, 0.29) is 24.1 Å². The maximum atomic E-state index is 12.7. The number of ether oxygens (including phenoxy) is 1. The summed E-state index contributed by atoms with van der Waals surface area (Å²) in [5, 5.41) is 5.65. The molecule has 4 rings (SSSR count). The number of nitrogens with one attached hydrogen (secondary N) is 1. The Labute approximate surface area is 196 Å². The lowest BCUT2D eigenvalue weighted by Crippen LogP contribution is -2.42. The largest absolute Gasteiger partial charge is 0.378 e. The van der Waals surface area contributed by atoms with Crippen LogP contribution < -0.4 is 5.43 Å². The van der Waals surface area contributed by atoms with Crippen molar-refractivity contribution in [2.75, 3.05) is 32.1 Å².